The summed E-state index contributed by atoms with van der Waals surface area (Å²) in [4.78, 5) is 37.9. The molecule has 0 N–H and O–H groups in total. The number of hydrogen-bond acceptors (Lipinski definition) is 4. The molecule has 1 saturated heterocycles. The minimum atomic E-state index is -0.284. The van der Waals surface area contributed by atoms with Crippen molar-refractivity contribution < 1.29 is 14.4 Å². The number of hydrogen-bond donors (Lipinski definition) is 0. The molecule has 2 heterocycles. The van der Waals surface area contributed by atoms with Gasteiger partial charge in [0.05, 0.1) is 0 Å². The van der Waals surface area contributed by atoms with Gasteiger partial charge in [0.2, 0.25) is 5.91 Å². The van der Waals surface area contributed by atoms with Crippen molar-refractivity contribution in [3.8, 4) is 0 Å². The largest absolute Gasteiger partial charge is 0.340 e. The first-order chi connectivity index (χ1) is 10.3. The lowest BCUT2D eigenvalue weighted by molar-refractivity contribution is -0.138. The maximum Gasteiger partial charge on any atom is 0.253 e. The van der Waals surface area contributed by atoms with Crippen LogP contribution in [-0.4, -0.2) is 58.2 Å². The maximum absolute atomic E-state index is 12.0. The van der Waals surface area contributed by atoms with Gasteiger partial charge < -0.3 is 4.90 Å². The van der Waals surface area contributed by atoms with Crippen LogP contribution in [0.5, 0.6) is 0 Å². The highest BCUT2D eigenvalue weighted by molar-refractivity contribution is 7.99. The highest BCUT2D eigenvalue weighted by Gasteiger charge is 2.31. The van der Waals surface area contributed by atoms with Crippen LogP contribution in [0, 0.1) is 5.41 Å². The van der Waals surface area contributed by atoms with Gasteiger partial charge in [-0.15, -0.1) is 0 Å². The quantitative estimate of drug-likeness (QED) is 0.698. The van der Waals surface area contributed by atoms with E-state index in [9.17, 15) is 14.4 Å². The summed E-state index contributed by atoms with van der Waals surface area (Å²) in [6.07, 6.45) is 4.25. The molecule has 2 aliphatic rings. The smallest absolute Gasteiger partial charge is 0.253 e. The Hall–Kier alpha value is -1.30. The maximum atomic E-state index is 12.0. The van der Waals surface area contributed by atoms with Crippen LogP contribution in [0.2, 0.25) is 0 Å². The Balaban J connectivity index is 1.73. The predicted molar refractivity (Wildman–Crippen MR) is 87.4 cm³/mol. The molecule has 0 bridgehead atoms. The highest BCUT2D eigenvalue weighted by Crippen LogP contribution is 2.28. The first-order valence-electron chi connectivity index (χ1n) is 7.69. The predicted octanol–water partition coefficient (Wildman–Crippen LogP) is 1.68. The molecule has 0 radical (unpaired) electrons. The van der Waals surface area contributed by atoms with Crippen molar-refractivity contribution in [2.24, 2.45) is 5.41 Å². The normalized spacial score (nSPS) is 22.3. The molecule has 0 aromatic rings. The SMILES string of the molecule is CC(C)(C)CCSC1CC(=O)N(CCN2C(=O)C=CC2=O)C1. The summed E-state index contributed by atoms with van der Waals surface area (Å²) in [7, 11) is 0. The Labute approximate surface area is 136 Å². The second kappa shape index (κ2) is 6.86. The number of rotatable bonds is 6. The zero-order valence-corrected chi connectivity index (χ0v) is 14.3. The van der Waals surface area contributed by atoms with E-state index in [0.717, 1.165) is 18.7 Å². The molecule has 6 heteroatoms. The molecule has 5 nitrogen and oxygen atoms in total. The van der Waals surface area contributed by atoms with E-state index >= 15 is 0 Å². The van der Waals surface area contributed by atoms with E-state index in [0.29, 0.717) is 23.6 Å². The van der Waals surface area contributed by atoms with E-state index in [2.05, 4.69) is 20.8 Å². The topological polar surface area (TPSA) is 57.7 Å². The molecule has 2 aliphatic heterocycles. The van der Waals surface area contributed by atoms with Crippen molar-refractivity contribution in [2.75, 3.05) is 25.4 Å². The fraction of sp³-hybridized carbons (Fsp3) is 0.688. The van der Waals surface area contributed by atoms with Gasteiger partial charge in [0, 0.05) is 43.5 Å². The highest BCUT2D eigenvalue weighted by atomic mass is 32.2. The van der Waals surface area contributed by atoms with Crippen LogP contribution in [0.25, 0.3) is 0 Å². The van der Waals surface area contributed by atoms with Crippen LogP contribution < -0.4 is 0 Å². The van der Waals surface area contributed by atoms with E-state index in [1.807, 2.05) is 11.8 Å². The molecule has 1 fully saturated rings. The lowest BCUT2D eigenvalue weighted by atomic mass is 9.94. The summed E-state index contributed by atoms with van der Waals surface area (Å²) in [5, 5.41) is 0.331. The van der Waals surface area contributed by atoms with Crippen LogP contribution in [-0.2, 0) is 14.4 Å². The van der Waals surface area contributed by atoms with Gasteiger partial charge in [0.1, 0.15) is 0 Å². The van der Waals surface area contributed by atoms with E-state index in [4.69, 9.17) is 0 Å². The van der Waals surface area contributed by atoms with Crippen molar-refractivity contribution >= 4 is 29.5 Å². The molecule has 0 aliphatic carbocycles. The number of carbonyl (C=O) groups excluding carboxylic acids is 3. The van der Waals surface area contributed by atoms with Gasteiger partial charge in [-0.25, -0.2) is 0 Å². The number of nitrogens with zero attached hydrogens (tertiary/aromatic N) is 2. The van der Waals surface area contributed by atoms with Crippen LogP contribution in [0.15, 0.2) is 12.2 Å². The minimum absolute atomic E-state index is 0.125. The third-order valence-electron chi connectivity index (χ3n) is 3.88. The Morgan fingerprint density at radius 2 is 1.77 bits per heavy atom. The second-order valence-electron chi connectivity index (χ2n) is 7.01. The summed E-state index contributed by atoms with van der Waals surface area (Å²) in [5.74, 6) is 0.614. The van der Waals surface area contributed by atoms with Crippen LogP contribution in [0.4, 0.5) is 0 Å². The van der Waals surface area contributed by atoms with Crippen molar-refractivity contribution in [3.63, 3.8) is 0 Å². The number of likely N-dealkylation sites (tertiary alicyclic amines) is 1. The van der Waals surface area contributed by atoms with Crippen LogP contribution in [0.3, 0.4) is 0 Å². The average molecular weight is 324 g/mol. The van der Waals surface area contributed by atoms with Crippen molar-refractivity contribution in [3.05, 3.63) is 12.2 Å². The summed E-state index contributed by atoms with van der Waals surface area (Å²) < 4.78 is 0. The first-order valence-corrected chi connectivity index (χ1v) is 8.74. The third kappa shape index (κ3) is 4.60. The molecular formula is C16H24N2O3S. The van der Waals surface area contributed by atoms with E-state index in [1.54, 1.807) is 4.90 Å². The zero-order valence-electron chi connectivity index (χ0n) is 13.5. The molecule has 22 heavy (non-hydrogen) atoms. The van der Waals surface area contributed by atoms with Crippen LogP contribution in [0.1, 0.15) is 33.6 Å². The standard InChI is InChI=1S/C16H24N2O3S/c1-16(2,3)6-9-22-12-10-15(21)17(11-12)7-8-18-13(19)4-5-14(18)20/h4-5,12H,6-11H2,1-3H3. The summed E-state index contributed by atoms with van der Waals surface area (Å²) in [6, 6.07) is 0. The molecule has 122 valence electrons. The Bertz CT molecular complexity index is 478. The number of amides is 3. The van der Waals surface area contributed by atoms with Gasteiger partial charge in [-0.3, -0.25) is 19.3 Å². The van der Waals surface area contributed by atoms with Gasteiger partial charge in [-0.05, 0) is 17.6 Å². The zero-order chi connectivity index (χ0) is 16.3. The van der Waals surface area contributed by atoms with Crippen LogP contribution >= 0.6 is 11.8 Å². The van der Waals surface area contributed by atoms with Gasteiger partial charge in [-0.1, -0.05) is 20.8 Å². The lowest BCUT2D eigenvalue weighted by Gasteiger charge is -2.21. The van der Waals surface area contributed by atoms with Gasteiger partial charge in [0.15, 0.2) is 0 Å². The summed E-state index contributed by atoms with van der Waals surface area (Å²) >= 11 is 1.86. The molecule has 0 aromatic heterocycles. The van der Waals surface area contributed by atoms with E-state index in [1.165, 1.54) is 17.1 Å². The molecule has 1 atom stereocenters. The Morgan fingerprint density at radius 1 is 1.14 bits per heavy atom. The number of thioether (sulfide) groups is 1. The van der Waals surface area contributed by atoms with Crippen molar-refractivity contribution in [1.82, 2.24) is 9.80 Å². The monoisotopic (exact) mass is 324 g/mol. The fourth-order valence-electron chi connectivity index (χ4n) is 2.47. The summed E-state index contributed by atoms with van der Waals surface area (Å²) in [5.41, 5.74) is 0.318. The van der Waals surface area contributed by atoms with Gasteiger partial charge >= 0.3 is 0 Å². The second-order valence-corrected chi connectivity index (χ2v) is 8.42. The molecule has 3 amide bonds. The average Bonchev–Trinajstić information content (AvgIpc) is 2.90. The molecule has 2 rings (SSSR count). The number of carbonyl (C=O) groups is 3. The van der Waals surface area contributed by atoms with E-state index < -0.39 is 0 Å². The molecule has 0 saturated carbocycles. The van der Waals surface area contributed by atoms with E-state index in [-0.39, 0.29) is 24.3 Å². The lowest BCUT2D eigenvalue weighted by Crippen LogP contribution is -2.39. The van der Waals surface area contributed by atoms with Gasteiger partial charge in [-0.2, -0.15) is 11.8 Å². The fourth-order valence-corrected chi connectivity index (χ4v) is 4.08. The molecule has 0 spiro atoms. The third-order valence-corrected chi connectivity index (χ3v) is 5.11. The van der Waals surface area contributed by atoms with Gasteiger partial charge in [0.25, 0.3) is 11.8 Å². The molecular weight excluding hydrogens is 300 g/mol. The Morgan fingerprint density at radius 3 is 2.36 bits per heavy atom. The van der Waals surface area contributed by atoms with Crippen molar-refractivity contribution in [1.29, 1.82) is 0 Å². The molecule has 1 unspecified atom stereocenters. The van der Waals surface area contributed by atoms with Crippen molar-refractivity contribution in [2.45, 2.75) is 38.9 Å². The Kier molecular flexibility index (Phi) is 5.32. The molecule has 0 aromatic carbocycles. The first kappa shape index (κ1) is 17.1. The number of imide groups is 1. The minimum Gasteiger partial charge on any atom is -0.340 e. The summed E-state index contributed by atoms with van der Waals surface area (Å²) in [6.45, 7) is 8.11.